The summed E-state index contributed by atoms with van der Waals surface area (Å²) in [6, 6.07) is 15.7. The molecule has 0 saturated heterocycles. The number of phenolic OH excluding ortho intramolecular Hbond substituents is 1. The summed E-state index contributed by atoms with van der Waals surface area (Å²) in [5.74, 6) is -0.648. The number of benzene rings is 4. The van der Waals surface area contributed by atoms with Crippen molar-refractivity contribution in [3.8, 4) is 11.5 Å². The Morgan fingerprint density at radius 2 is 1.79 bits per heavy atom. The van der Waals surface area contributed by atoms with E-state index in [9.17, 15) is 22.9 Å². The normalized spacial score (nSPS) is 11.7. The zero-order valence-electron chi connectivity index (χ0n) is 20.1. The Labute approximate surface area is 228 Å². The molecule has 0 bridgehead atoms. The number of ether oxygens (including phenoxy) is 1. The number of nitrogens with zero attached hydrogens (tertiary/aromatic N) is 2. The molecule has 0 atom stereocenters. The lowest BCUT2D eigenvalue weighted by atomic mass is 10.0. The SMILES string of the molecule is CCc1cc(N=Nc2c(O)c(C(=O)Nc3cc(Cl)cc(OC)c3)cc3ccccc23)cc(S(=O)(=O)O)c1Cl. The predicted octanol–water partition coefficient (Wildman–Crippen LogP) is 7.34. The van der Waals surface area contributed by atoms with Crippen LogP contribution < -0.4 is 10.1 Å². The molecule has 0 spiro atoms. The van der Waals surface area contributed by atoms with E-state index >= 15 is 0 Å². The smallest absolute Gasteiger partial charge is 0.296 e. The van der Waals surface area contributed by atoms with Crippen molar-refractivity contribution in [3.05, 3.63) is 81.8 Å². The molecule has 0 aliphatic rings. The van der Waals surface area contributed by atoms with Gasteiger partial charge in [-0.25, -0.2) is 0 Å². The second-order valence-corrected chi connectivity index (χ2v) is 10.3. The summed E-state index contributed by atoms with van der Waals surface area (Å²) >= 11 is 12.2. The van der Waals surface area contributed by atoms with Gasteiger partial charge < -0.3 is 15.2 Å². The number of carbonyl (C=O) groups excluding carboxylic acids is 1. The van der Waals surface area contributed by atoms with E-state index in [0.29, 0.717) is 39.2 Å². The summed E-state index contributed by atoms with van der Waals surface area (Å²) < 4.78 is 38.4. The number of hydrogen-bond donors (Lipinski definition) is 3. The van der Waals surface area contributed by atoms with Gasteiger partial charge in [-0.15, -0.1) is 5.11 Å². The molecule has 4 aromatic carbocycles. The molecule has 12 heteroatoms. The van der Waals surface area contributed by atoms with E-state index < -0.39 is 26.7 Å². The van der Waals surface area contributed by atoms with Gasteiger partial charge in [0.15, 0.2) is 5.75 Å². The number of aryl methyl sites for hydroxylation is 1. The Morgan fingerprint density at radius 3 is 2.47 bits per heavy atom. The molecule has 0 saturated carbocycles. The summed E-state index contributed by atoms with van der Waals surface area (Å²) in [6.45, 7) is 1.76. The van der Waals surface area contributed by atoms with Crippen LogP contribution in [0.25, 0.3) is 10.8 Å². The van der Waals surface area contributed by atoms with E-state index in [0.717, 1.165) is 6.07 Å². The zero-order chi connectivity index (χ0) is 27.6. The van der Waals surface area contributed by atoms with Crippen LogP contribution in [0.5, 0.6) is 11.5 Å². The lowest BCUT2D eigenvalue weighted by Crippen LogP contribution is -2.12. The molecular weight excluding hydrogens is 553 g/mol. The predicted molar refractivity (Wildman–Crippen MR) is 146 cm³/mol. The second-order valence-electron chi connectivity index (χ2n) is 8.12. The van der Waals surface area contributed by atoms with Crippen molar-refractivity contribution >= 4 is 67.1 Å². The Kier molecular flexibility index (Phi) is 7.89. The second kappa shape index (κ2) is 11.0. The molecule has 0 aromatic heterocycles. The number of nitrogens with one attached hydrogen (secondary N) is 1. The van der Waals surface area contributed by atoms with Crippen LogP contribution >= 0.6 is 23.2 Å². The number of amides is 1. The molecule has 0 radical (unpaired) electrons. The largest absolute Gasteiger partial charge is 0.505 e. The van der Waals surface area contributed by atoms with Crippen molar-refractivity contribution in [2.24, 2.45) is 10.2 Å². The quantitative estimate of drug-likeness (QED) is 0.156. The van der Waals surface area contributed by atoms with E-state index in [1.165, 1.54) is 25.3 Å². The van der Waals surface area contributed by atoms with Crippen LogP contribution in [0.4, 0.5) is 17.1 Å². The first kappa shape index (κ1) is 27.3. The Morgan fingerprint density at radius 1 is 1.05 bits per heavy atom. The topological polar surface area (TPSA) is 138 Å². The van der Waals surface area contributed by atoms with Crippen LogP contribution in [-0.4, -0.2) is 31.1 Å². The van der Waals surface area contributed by atoms with Gasteiger partial charge >= 0.3 is 0 Å². The summed E-state index contributed by atoms with van der Waals surface area (Å²) in [4.78, 5) is 12.6. The first-order valence-corrected chi connectivity index (χ1v) is 13.3. The molecule has 38 heavy (non-hydrogen) atoms. The summed E-state index contributed by atoms with van der Waals surface area (Å²) in [7, 11) is -3.16. The number of fused-ring (bicyclic) bond motifs is 1. The van der Waals surface area contributed by atoms with Crippen molar-refractivity contribution in [3.63, 3.8) is 0 Å². The number of aromatic hydroxyl groups is 1. The Bertz CT molecular complexity index is 1710. The third-order valence-electron chi connectivity index (χ3n) is 5.63. The zero-order valence-corrected chi connectivity index (χ0v) is 22.4. The number of azo groups is 1. The first-order valence-electron chi connectivity index (χ1n) is 11.1. The van der Waals surface area contributed by atoms with Gasteiger partial charge in [0.2, 0.25) is 0 Å². The Balaban J connectivity index is 1.81. The number of methoxy groups -OCH3 is 1. The fraction of sp³-hybridized carbons (Fsp3) is 0.115. The molecule has 0 fully saturated rings. The standard InChI is InChI=1S/C26H21Cl2N3O6S/c1-3-14-8-18(13-22(23(14)28)38(34,35)36)30-31-24-20-7-5-4-6-15(20)9-21(25(24)32)26(33)29-17-10-16(27)11-19(12-17)37-2/h4-13,32H,3H2,1-2H3,(H,29,33)(H,34,35,36). The number of hydrogen-bond acceptors (Lipinski definition) is 7. The van der Waals surface area contributed by atoms with Crippen LogP contribution in [0.2, 0.25) is 10.0 Å². The molecular formula is C26H21Cl2N3O6S. The average Bonchev–Trinajstić information content (AvgIpc) is 2.87. The van der Waals surface area contributed by atoms with Gasteiger partial charge in [0, 0.05) is 22.2 Å². The molecule has 0 aliphatic heterocycles. The highest BCUT2D eigenvalue weighted by atomic mass is 35.5. The highest BCUT2D eigenvalue weighted by molar-refractivity contribution is 7.86. The molecule has 4 aromatic rings. The summed E-state index contributed by atoms with van der Waals surface area (Å²) in [5, 5.41) is 23.3. The van der Waals surface area contributed by atoms with Gasteiger partial charge in [0.25, 0.3) is 16.0 Å². The molecule has 196 valence electrons. The summed E-state index contributed by atoms with van der Waals surface area (Å²) in [6.07, 6.45) is 0.364. The van der Waals surface area contributed by atoms with Crippen LogP contribution in [0.1, 0.15) is 22.8 Å². The number of halogens is 2. The number of phenols is 1. The Hall–Kier alpha value is -3.70. The number of rotatable bonds is 7. The van der Waals surface area contributed by atoms with Gasteiger partial charge in [-0.05, 0) is 47.7 Å². The van der Waals surface area contributed by atoms with Gasteiger partial charge in [0.1, 0.15) is 16.3 Å². The maximum atomic E-state index is 13.2. The van der Waals surface area contributed by atoms with E-state index in [1.807, 2.05) is 0 Å². The van der Waals surface area contributed by atoms with Crippen molar-refractivity contribution < 1.29 is 27.6 Å². The minimum absolute atomic E-state index is 0.0154. The molecule has 4 rings (SSSR count). The molecule has 0 aliphatic carbocycles. The number of carbonyl (C=O) groups is 1. The van der Waals surface area contributed by atoms with E-state index in [-0.39, 0.29) is 22.0 Å². The maximum absolute atomic E-state index is 13.2. The fourth-order valence-electron chi connectivity index (χ4n) is 3.79. The minimum Gasteiger partial charge on any atom is -0.505 e. The fourth-order valence-corrected chi connectivity index (χ4v) is 5.18. The molecule has 3 N–H and O–H groups in total. The lowest BCUT2D eigenvalue weighted by Gasteiger charge is -2.12. The first-order chi connectivity index (χ1) is 18.0. The highest BCUT2D eigenvalue weighted by Gasteiger charge is 2.21. The van der Waals surface area contributed by atoms with Crippen LogP contribution in [0, 0.1) is 0 Å². The van der Waals surface area contributed by atoms with Crippen molar-refractivity contribution in [1.82, 2.24) is 0 Å². The third-order valence-corrected chi connectivity index (χ3v) is 7.28. The lowest BCUT2D eigenvalue weighted by molar-refractivity contribution is 0.102. The van der Waals surface area contributed by atoms with Gasteiger partial charge in [-0.3, -0.25) is 9.35 Å². The van der Waals surface area contributed by atoms with Crippen LogP contribution in [0.15, 0.2) is 75.8 Å². The monoisotopic (exact) mass is 573 g/mol. The van der Waals surface area contributed by atoms with Crippen molar-refractivity contribution in [1.29, 1.82) is 0 Å². The molecule has 0 heterocycles. The number of anilines is 1. The summed E-state index contributed by atoms with van der Waals surface area (Å²) in [5.41, 5.74) is 0.748. The average molecular weight is 574 g/mol. The van der Waals surface area contributed by atoms with E-state index in [1.54, 1.807) is 43.3 Å². The molecule has 0 unspecified atom stereocenters. The molecule has 9 nitrogen and oxygen atoms in total. The van der Waals surface area contributed by atoms with Gasteiger partial charge in [0.05, 0.1) is 23.4 Å². The van der Waals surface area contributed by atoms with E-state index in [2.05, 4.69) is 15.5 Å². The van der Waals surface area contributed by atoms with Gasteiger partial charge in [-0.2, -0.15) is 13.5 Å². The van der Waals surface area contributed by atoms with Crippen molar-refractivity contribution in [2.45, 2.75) is 18.2 Å². The maximum Gasteiger partial charge on any atom is 0.296 e. The van der Waals surface area contributed by atoms with Crippen LogP contribution in [-0.2, 0) is 16.5 Å². The third kappa shape index (κ3) is 5.73. The van der Waals surface area contributed by atoms with E-state index in [4.69, 9.17) is 27.9 Å². The van der Waals surface area contributed by atoms with Crippen molar-refractivity contribution in [2.75, 3.05) is 12.4 Å². The highest BCUT2D eigenvalue weighted by Crippen LogP contribution is 2.40. The van der Waals surface area contributed by atoms with Crippen LogP contribution in [0.3, 0.4) is 0 Å². The molecule has 1 amide bonds. The van der Waals surface area contributed by atoms with Gasteiger partial charge in [-0.1, -0.05) is 54.4 Å². The minimum atomic E-state index is -4.62.